The average Bonchev–Trinajstić information content (AvgIpc) is 1.77. The molecule has 0 atom stereocenters. The molecule has 47 valence electrons. The normalized spacial score (nSPS) is 39.8. The molecule has 0 spiro atoms. The Bertz CT molecular complexity index is 52.8. The largest absolute Gasteiger partial charge is 0.255 e. The van der Waals surface area contributed by atoms with Crippen molar-refractivity contribution >= 4 is 0 Å². The van der Waals surface area contributed by atoms with Crippen molar-refractivity contribution < 1.29 is 0 Å². The third-order valence-corrected chi connectivity index (χ3v) is 2.02. The summed E-state index contributed by atoms with van der Waals surface area (Å²) in [6, 6.07) is 0.270. The minimum atomic E-state index is 0.270. The van der Waals surface area contributed by atoms with Gasteiger partial charge in [0.15, 0.2) is 0 Å². The van der Waals surface area contributed by atoms with E-state index in [1.54, 1.807) is 0 Å². The van der Waals surface area contributed by atoms with Crippen LogP contribution in [0.5, 0.6) is 0 Å². The van der Waals surface area contributed by atoms with Gasteiger partial charge in [0.1, 0.15) is 0 Å². The van der Waals surface area contributed by atoms with Crippen LogP contribution >= 0.6 is 0 Å². The first-order chi connectivity index (χ1) is 3.79. The van der Waals surface area contributed by atoms with Crippen LogP contribution in [0.3, 0.4) is 0 Å². The fraction of sp³-hybridized carbons (Fsp3) is 1.00. The predicted molar refractivity (Wildman–Crippen MR) is 34.5 cm³/mol. The molecule has 0 amide bonds. The second-order valence-corrected chi connectivity index (χ2v) is 2.96. The summed E-state index contributed by atoms with van der Waals surface area (Å²) in [5, 5.41) is 0. The van der Waals surface area contributed by atoms with Crippen LogP contribution in [0.2, 0.25) is 0 Å². The fourth-order valence-corrected chi connectivity index (χ4v) is 1.26. The van der Waals surface area contributed by atoms with E-state index >= 15 is 0 Å². The quantitative estimate of drug-likeness (QED) is 0.456. The van der Waals surface area contributed by atoms with Crippen LogP contribution in [0.25, 0.3) is 0 Å². The summed E-state index contributed by atoms with van der Waals surface area (Å²) in [5.74, 6) is 0.900. The molecular weight excluding hydrogens is 98.1 g/mol. The summed E-state index contributed by atoms with van der Waals surface area (Å²) in [6.07, 6.45) is 4.85. The van der Waals surface area contributed by atoms with Crippen molar-refractivity contribution in [1.82, 2.24) is 5.73 Å². The Hall–Kier alpha value is -0.0400. The third kappa shape index (κ3) is 1.48. The van der Waals surface area contributed by atoms with E-state index in [4.69, 9.17) is 5.73 Å². The van der Waals surface area contributed by atoms with E-state index in [0.29, 0.717) is 0 Å². The Kier molecular flexibility index (Phi) is 1.90. The van der Waals surface area contributed by atoms with Crippen LogP contribution in [0, 0.1) is 5.92 Å². The smallest absolute Gasteiger partial charge is 0.0213 e. The van der Waals surface area contributed by atoms with Gasteiger partial charge in [-0.1, -0.05) is 6.92 Å². The van der Waals surface area contributed by atoms with Crippen LogP contribution in [0.15, 0.2) is 0 Å². The van der Waals surface area contributed by atoms with Gasteiger partial charge in [0.2, 0.25) is 0 Å². The highest BCUT2D eigenvalue weighted by molar-refractivity contribution is 4.70. The van der Waals surface area contributed by atoms with Crippen molar-refractivity contribution in [3.05, 3.63) is 0 Å². The van der Waals surface area contributed by atoms with Crippen LogP contribution < -0.4 is 5.73 Å². The minimum Gasteiger partial charge on any atom is -0.255 e. The van der Waals surface area contributed by atoms with Gasteiger partial charge >= 0.3 is 0 Å². The summed E-state index contributed by atoms with van der Waals surface area (Å²) in [6.45, 7) is 2.28. The van der Waals surface area contributed by atoms with Crippen molar-refractivity contribution in [3.63, 3.8) is 0 Å². The Morgan fingerprint density at radius 1 is 1.12 bits per heavy atom. The number of hydrogen-bond donors (Lipinski definition) is 0. The van der Waals surface area contributed by atoms with Crippen LogP contribution in [0.4, 0.5) is 0 Å². The standard InChI is InChI=1S/C7H14N/c1-6-2-4-7(8)5-3-6/h6-8H,2-5H2,1H3/t6-,7+. The summed E-state index contributed by atoms with van der Waals surface area (Å²) in [4.78, 5) is 0. The maximum absolute atomic E-state index is 7.36. The van der Waals surface area contributed by atoms with E-state index < -0.39 is 0 Å². The number of hydrogen-bond acceptors (Lipinski definition) is 0. The highest BCUT2D eigenvalue weighted by atomic mass is 14.6. The number of rotatable bonds is 0. The van der Waals surface area contributed by atoms with Crippen LogP contribution in [0.1, 0.15) is 32.6 Å². The first-order valence-electron chi connectivity index (χ1n) is 3.50. The molecule has 0 saturated heterocycles. The molecule has 0 bridgehead atoms. The molecule has 1 saturated carbocycles. The minimum absolute atomic E-state index is 0.270. The second kappa shape index (κ2) is 2.49. The molecule has 1 nitrogen and oxygen atoms in total. The van der Waals surface area contributed by atoms with Gasteiger partial charge in [-0.05, 0) is 31.6 Å². The van der Waals surface area contributed by atoms with Gasteiger partial charge in [-0.3, -0.25) is 5.73 Å². The zero-order chi connectivity index (χ0) is 5.98. The molecule has 0 aromatic carbocycles. The van der Waals surface area contributed by atoms with Crippen molar-refractivity contribution in [1.29, 1.82) is 0 Å². The van der Waals surface area contributed by atoms with Gasteiger partial charge in [-0.15, -0.1) is 0 Å². The Morgan fingerprint density at radius 2 is 1.62 bits per heavy atom. The zero-order valence-electron chi connectivity index (χ0n) is 5.48. The Morgan fingerprint density at radius 3 is 2.00 bits per heavy atom. The van der Waals surface area contributed by atoms with Gasteiger partial charge < -0.3 is 0 Å². The molecule has 1 aliphatic rings. The van der Waals surface area contributed by atoms with E-state index in [-0.39, 0.29) is 6.04 Å². The molecule has 0 aliphatic heterocycles. The van der Waals surface area contributed by atoms with Gasteiger partial charge in [-0.25, -0.2) is 0 Å². The van der Waals surface area contributed by atoms with Crippen LogP contribution in [-0.4, -0.2) is 6.04 Å². The topological polar surface area (TPSA) is 23.8 Å². The molecule has 0 unspecified atom stereocenters. The summed E-state index contributed by atoms with van der Waals surface area (Å²) in [5.41, 5.74) is 7.36. The highest BCUT2D eigenvalue weighted by Gasteiger charge is 2.14. The summed E-state index contributed by atoms with van der Waals surface area (Å²) in [7, 11) is 0. The van der Waals surface area contributed by atoms with E-state index in [2.05, 4.69) is 6.92 Å². The monoisotopic (exact) mass is 112 g/mol. The second-order valence-electron chi connectivity index (χ2n) is 2.96. The molecule has 1 aliphatic carbocycles. The molecule has 0 heterocycles. The molecule has 1 radical (unpaired) electrons. The molecule has 1 rings (SSSR count). The van der Waals surface area contributed by atoms with E-state index in [9.17, 15) is 0 Å². The van der Waals surface area contributed by atoms with Crippen molar-refractivity contribution in [2.75, 3.05) is 0 Å². The molecule has 1 fully saturated rings. The van der Waals surface area contributed by atoms with E-state index in [1.807, 2.05) is 0 Å². The first-order valence-corrected chi connectivity index (χ1v) is 3.50. The lowest BCUT2D eigenvalue weighted by Gasteiger charge is -2.21. The van der Waals surface area contributed by atoms with Gasteiger partial charge in [0.25, 0.3) is 0 Å². The molecular formula is C7H14N. The molecule has 0 aromatic rings. The first kappa shape index (κ1) is 6.09. The average molecular weight is 112 g/mol. The van der Waals surface area contributed by atoms with Gasteiger partial charge in [0, 0.05) is 6.04 Å². The summed E-state index contributed by atoms with van der Waals surface area (Å²) >= 11 is 0. The molecule has 1 heteroatoms. The highest BCUT2D eigenvalue weighted by Crippen LogP contribution is 2.22. The van der Waals surface area contributed by atoms with Crippen molar-refractivity contribution in [2.45, 2.75) is 38.6 Å². The molecule has 0 aromatic heterocycles. The zero-order valence-corrected chi connectivity index (χ0v) is 5.48. The Balaban J connectivity index is 2.19. The molecule has 8 heavy (non-hydrogen) atoms. The van der Waals surface area contributed by atoms with Crippen molar-refractivity contribution in [2.24, 2.45) is 5.92 Å². The lowest BCUT2D eigenvalue weighted by molar-refractivity contribution is 0.342. The SMILES string of the molecule is C[C@H]1CC[C@@H]([NH])CC1. The van der Waals surface area contributed by atoms with E-state index in [1.165, 1.54) is 12.8 Å². The number of nitrogens with one attached hydrogen (secondary N) is 1. The predicted octanol–water partition coefficient (Wildman–Crippen LogP) is 1.85. The van der Waals surface area contributed by atoms with E-state index in [0.717, 1.165) is 18.8 Å². The van der Waals surface area contributed by atoms with Crippen molar-refractivity contribution in [3.8, 4) is 0 Å². The van der Waals surface area contributed by atoms with Crippen LogP contribution in [-0.2, 0) is 0 Å². The molecule has 1 N–H and O–H groups in total. The summed E-state index contributed by atoms with van der Waals surface area (Å²) < 4.78 is 0. The Labute approximate surface area is 51.3 Å². The third-order valence-electron chi connectivity index (χ3n) is 2.02. The lowest BCUT2D eigenvalue weighted by atomic mass is 9.88. The van der Waals surface area contributed by atoms with Gasteiger partial charge in [0.05, 0.1) is 0 Å². The maximum atomic E-state index is 7.36. The lowest BCUT2D eigenvalue weighted by Crippen LogP contribution is -2.17. The fourth-order valence-electron chi connectivity index (χ4n) is 1.26. The van der Waals surface area contributed by atoms with Gasteiger partial charge in [-0.2, -0.15) is 0 Å². The maximum Gasteiger partial charge on any atom is 0.0213 e.